The molecule has 17 heavy (non-hydrogen) atoms. The zero-order valence-electron chi connectivity index (χ0n) is 9.83. The third-order valence-corrected chi connectivity index (χ3v) is 3.75. The zero-order valence-corrected chi connectivity index (χ0v) is 13.0. The van der Waals surface area contributed by atoms with E-state index in [1.54, 1.807) is 6.07 Å². The van der Waals surface area contributed by atoms with Gasteiger partial charge in [0, 0.05) is 20.7 Å². The lowest BCUT2D eigenvalue weighted by atomic mass is 9.99. The SMILES string of the molecule is COc1c(CS(=O)(=O)Cl)cc(Br)cc1C(C)C. The molecule has 0 aliphatic carbocycles. The van der Waals surface area contributed by atoms with Crippen LogP contribution in [0.3, 0.4) is 0 Å². The van der Waals surface area contributed by atoms with Crippen molar-refractivity contribution in [3.8, 4) is 5.75 Å². The Labute approximate surface area is 115 Å². The molecule has 3 nitrogen and oxygen atoms in total. The van der Waals surface area contributed by atoms with E-state index in [2.05, 4.69) is 15.9 Å². The van der Waals surface area contributed by atoms with Gasteiger partial charge < -0.3 is 4.74 Å². The van der Waals surface area contributed by atoms with Crippen molar-refractivity contribution >= 4 is 35.7 Å². The number of methoxy groups -OCH3 is 1. The van der Waals surface area contributed by atoms with Gasteiger partial charge in [-0.25, -0.2) is 8.42 Å². The second-order valence-electron chi connectivity index (χ2n) is 4.03. The highest BCUT2D eigenvalue weighted by atomic mass is 79.9. The number of halogens is 2. The lowest BCUT2D eigenvalue weighted by Crippen LogP contribution is -2.03. The maximum absolute atomic E-state index is 11.2. The first-order valence-corrected chi connectivity index (χ1v) is 8.30. The van der Waals surface area contributed by atoms with E-state index in [0.29, 0.717) is 11.3 Å². The maximum atomic E-state index is 11.2. The fourth-order valence-electron chi connectivity index (χ4n) is 1.64. The highest BCUT2D eigenvalue weighted by Gasteiger charge is 2.17. The third kappa shape index (κ3) is 4.16. The molecule has 1 aromatic rings. The predicted molar refractivity (Wildman–Crippen MR) is 73.3 cm³/mol. The van der Waals surface area contributed by atoms with Crippen molar-refractivity contribution in [2.45, 2.75) is 25.5 Å². The summed E-state index contributed by atoms with van der Waals surface area (Å²) in [4.78, 5) is 0. The van der Waals surface area contributed by atoms with Crippen molar-refractivity contribution in [2.24, 2.45) is 0 Å². The fourth-order valence-corrected chi connectivity index (χ4v) is 3.11. The molecule has 0 saturated heterocycles. The minimum absolute atomic E-state index is 0.235. The molecule has 0 atom stereocenters. The fraction of sp³-hybridized carbons (Fsp3) is 0.455. The first kappa shape index (κ1) is 14.8. The van der Waals surface area contributed by atoms with Gasteiger partial charge >= 0.3 is 0 Å². The topological polar surface area (TPSA) is 43.4 Å². The molecular weight excluding hydrogens is 328 g/mol. The monoisotopic (exact) mass is 340 g/mol. The summed E-state index contributed by atoms with van der Waals surface area (Å²) in [6.45, 7) is 4.03. The molecule has 0 amide bonds. The van der Waals surface area contributed by atoms with Gasteiger partial charge in [-0.2, -0.15) is 0 Å². The second kappa shape index (κ2) is 5.59. The number of ether oxygens (including phenoxy) is 1. The van der Waals surface area contributed by atoms with Crippen LogP contribution in [0.5, 0.6) is 5.75 Å². The molecule has 0 heterocycles. The van der Waals surface area contributed by atoms with E-state index in [4.69, 9.17) is 15.4 Å². The molecular formula is C11H14BrClO3S. The molecule has 0 aliphatic heterocycles. The normalized spacial score (nSPS) is 11.9. The van der Waals surface area contributed by atoms with Gasteiger partial charge in [0.2, 0.25) is 9.05 Å². The van der Waals surface area contributed by atoms with Gasteiger partial charge in [-0.05, 0) is 23.6 Å². The molecule has 1 rings (SSSR count). The molecule has 0 aromatic heterocycles. The molecule has 0 unspecified atom stereocenters. The Morgan fingerprint density at radius 3 is 2.41 bits per heavy atom. The summed E-state index contributed by atoms with van der Waals surface area (Å²) in [5.41, 5.74) is 1.53. The van der Waals surface area contributed by atoms with Crippen LogP contribution in [0.4, 0.5) is 0 Å². The third-order valence-electron chi connectivity index (χ3n) is 2.31. The number of hydrogen-bond donors (Lipinski definition) is 0. The molecule has 0 N–H and O–H groups in total. The van der Waals surface area contributed by atoms with Gasteiger partial charge in [0.05, 0.1) is 12.9 Å². The van der Waals surface area contributed by atoms with E-state index in [1.165, 1.54) is 7.11 Å². The largest absolute Gasteiger partial charge is 0.496 e. The molecule has 0 bridgehead atoms. The Hall–Kier alpha value is -0.260. The number of rotatable bonds is 4. The Bertz CT molecular complexity index is 512. The van der Waals surface area contributed by atoms with Gasteiger partial charge in [-0.15, -0.1) is 0 Å². The van der Waals surface area contributed by atoms with E-state index in [1.807, 2.05) is 19.9 Å². The van der Waals surface area contributed by atoms with Gasteiger partial charge in [0.1, 0.15) is 5.75 Å². The number of benzene rings is 1. The van der Waals surface area contributed by atoms with E-state index in [0.717, 1.165) is 10.0 Å². The summed E-state index contributed by atoms with van der Waals surface area (Å²) in [5.74, 6) is 0.586. The Morgan fingerprint density at radius 2 is 2.00 bits per heavy atom. The van der Waals surface area contributed by atoms with E-state index in [9.17, 15) is 8.42 Å². The molecule has 6 heteroatoms. The smallest absolute Gasteiger partial charge is 0.236 e. The average Bonchev–Trinajstić information content (AvgIpc) is 2.14. The summed E-state index contributed by atoms with van der Waals surface area (Å²) >= 11 is 3.36. The van der Waals surface area contributed by atoms with Crippen LogP contribution in [0.25, 0.3) is 0 Å². The first-order chi connectivity index (χ1) is 7.74. The molecule has 0 aliphatic rings. The highest BCUT2D eigenvalue weighted by molar-refractivity contribution is 9.10. The lowest BCUT2D eigenvalue weighted by Gasteiger charge is -2.16. The predicted octanol–water partition coefficient (Wildman–Crippen LogP) is 3.65. The quantitative estimate of drug-likeness (QED) is 0.785. The van der Waals surface area contributed by atoms with Crippen LogP contribution < -0.4 is 4.74 Å². The van der Waals surface area contributed by atoms with Crippen molar-refractivity contribution in [3.63, 3.8) is 0 Å². The van der Waals surface area contributed by atoms with E-state index in [-0.39, 0.29) is 11.7 Å². The van der Waals surface area contributed by atoms with Crippen LogP contribution in [-0.4, -0.2) is 15.5 Å². The van der Waals surface area contributed by atoms with Crippen LogP contribution in [-0.2, 0) is 14.8 Å². The summed E-state index contributed by atoms with van der Waals surface area (Å²) in [7, 11) is 3.21. The van der Waals surface area contributed by atoms with Crippen molar-refractivity contribution in [1.82, 2.24) is 0 Å². The van der Waals surface area contributed by atoms with Crippen LogP contribution in [0.15, 0.2) is 16.6 Å². The average molecular weight is 342 g/mol. The standard InChI is InChI=1S/C11H14BrClO3S/c1-7(2)10-5-9(12)4-8(11(10)16-3)6-17(13,14)15/h4-5,7H,6H2,1-3H3. The summed E-state index contributed by atoms with van der Waals surface area (Å²) in [5, 5.41) is 0. The Kier molecular flexibility index (Phi) is 4.86. The Balaban J connectivity index is 3.38. The maximum Gasteiger partial charge on any atom is 0.236 e. The molecule has 0 fully saturated rings. The zero-order chi connectivity index (χ0) is 13.2. The van der Waals surface area contributed by atoms with E-state index >= 15 is 0 Å². The minimum atomic E-state index is -3.60. The van der Waals surface area contributed by atoms with Gasteiger partial charge in [0.25, 0.3) is 0 Å². The summed E-state index contributed by atoms with van der Waals surface area (Å²) in [6, 6.07) is 3.64. The first-order valence-electron chi connectivity index (χ1n) is 5.03. The van der Waals surface area contributed by atoms with Crippen molar-refractivity contribution in [3.05, 3.63) is 27.7 Å². The van der Waals surface area contributed by atoms with Crippen LogP contribution in [0.2, 0.25) is 0 Å². The highest BCUT2D eigenvalue weighted by Crippen LogP contribution is 2.34. The van der Waals surface area contributed by atoms with Gasteiger partial charge in [-0.3, -0.25) is 0 Å². The minimum Gasteiger partial charge on any atom is -0.496 e. The van der Waals surface area contributed by atoms with Crippen LogP contribution >= 0.6 is 26.6 Å². The summed E-state index contributed by atoms with van der Waals surface area (Å²) in [6.07, 6.45) is 0. The molecule has 0 radical (unpaired) electrons. The van der Waals surface area contributed by atoms with Crippen LogP contribution in [0.1, 0.15) is 30.9 Å². The molecule has 0 saturated carbocycles. The molecule has 1 aromatic carbocycles. The second-order valence-corrected chi connectivity index (χ2v) is 7.72. The van der Waals surface area contributed by atoms with Crippen molar-refractivity contribution in [2.75, 3.05) is 7.11 Å². The van der Waals surface area contributed by atoms with Crippen LogP contribution in [0, 0.1) is 0 Å². The van der Waals surface area contributed by atoms with Gasteiger partial charge in [-0.1, -0.05) is 29.8 Å². The van der Waals surface area contributed by atoms with Gasteiger partial charge in [0.15, 0.2) is 0 Å². The van der Waals surface area contributed by atoms with Crippen molar-refractivity contribution in [1.29, 1.82) is 0 Å². The molecule has 0 spiro atoms. The van der Waals surface area contributed by atoms with E-state index < -0.39 is 9.05 Å². The summed E-state index contributed by atoms with van der Waals surface area (Å²) < 4.78 is 28.4. The van der Waals surface area contributed by atoms with Crippen molar-refractivity contribution < 1.29 is 13.2 Å². The molecule has 96 valence electrons. The lowest BCUT2D eigenvalue weighted by molar-refractivity contribution is 0.403. The number of hydrogen-bond acceptors (Lipinski definition) is 3. The Morgan fingerprint density at radius 1 is 1.41 bits per heavy atom.